The van der Waals surface area contributed by atoms with E-state index >= 15 is 0 Å². The average Bonchev–Trinajstić information content (AvgIpc) is 2.85. The third-order valence-corrected chi connectivity index (χ3v) is 8.69. The number of anilines is 2. The lowest BCUT2D eigenvalue weighted by Gasteiger charge is -2.34. The highest BCUT2D eigenvalue weighted by Crippen LogP contribution is 2.43. The maximum atomic E-state index is 14.0. The third-order valence-electron chi connectivity index (χ3n) is 5.42. The molecule has 0 spiro atoms. The minimum absolute atomic E-state index is 0.112. The first kappa shape index (κ1) is 28.2. The molecule has 198 valence electrons. The second-order valence-corrected chi connectivity index (χ2v) is 12.2. The molecule has 37 heavy (non-hydrogen) atoms. The molecule has 1 N–H and O–H groups in total. The number of pyridine rings is 1. The van der Waals surface area contributed by atoms with Crippen molar-refractivity contribution >= 4 is 29.1 Å². The number of hydrogen-bond donors (Lipinski definition) is 1. The minimum atomic E-state index is -4.36. The van der Waals surface area contributed by atoms with Crippen molar-refractivity contribution in [1.82, 2.24) is 4.98 Å². The molecule has 1 aromatic heterocycles. The van der Waals surface area contributed by atoms with Gasteiger partial charge in [-0.2, -0.15) is 0 Å². The van der Waals surface area contributed by atoms with Crippen molar-refractivity contribution in [3.8, 4) is 11.5 Å². The standard InChI is InChI=1S/C26H32N3O6PS/c1-5-15-35-24-8-6-7-9-25(24)37(32,33)29(26(3,4)36(30)31)22-17-20(2)18-23(19-22)34-16-14-28-21-10-12-27-13-11-21/h6-13,17-19H,5,14-16H2,1-4H3,(H,27,28). The highest BCUT2D eigenvalue weighted by Gasteiger charge is 2.43. The summed E-state index contributed by atoms with van der Waals surface area (Å²) in [6.07, 6.45) is 4.04. The number of nitrogens with one attached hydrogen (secondary N) is 1. The lowest BCUT2D eigenvalue weighted by molar-refractivity contribution is 0.309. The Hall–Kier alpha value is -3.36. The summed E-state index contributed by atoms with van der Waals surface area (Å²) in [6, 6.07) is 14.8. The summed E-state index contributed by atoms with van der Waals surface area (Å²) in [5.74, 6) is 0.580. The molecule has 9 nitrogen and oxygen atoms in total. The van der Waals surface area contributed by atoms with E-state index < -0.39 is 23.0 Å². The molecule has 0 saturated carbocycles. The number of ether oxygens (including phenoxy) is 2. The molecule has 3 rings (SSSR count). The first-order chi connectivity index (χ1) is 17.6. The van der Waals surface area contributed by atoms with E-state index in [1.165, 1.54) is 26.0 Å². The van der Waals surface area contributed by atoms with Crippen LogP contribution in [0.2, 0.25) is 0 Å². The smallest absolute Gasteiger partial charge is 0.342 e. The van der Waals surface area contributed by atoms with Crippen molar-refractivity contribution in [2.45, 2.75) is 44.3 Å². The molecular formula is C26H32N3O6PS. The summed E-state index contributed by atoms with van der Waals surface area (Å²) in [4.78, 5) is 3.86. The van der Waals surface area contributed by atoms with E-state index in [0.717, 1.165) is 9.99 Å². The molecule has 0 aliphatic heterocycles. The van der Waals surface area contributed by atoms with Gasteiger partial charge in [0.25, 0.3) is 10.0 Å². The summed E-state index contributed by atoms with van der Waals surface area (Å²) < 4.78 is 65.3. The van der Waals surface area contributed by atoms with Gasteiger partial charge < -0.3 is 14.8 Å². The molecule has 0 unspecified atom stereocenters. The highest BCUT2D eigenvalue weighted by molar-refractivity contribution is 7.93. The van der Waals surface area contributed by atoms with E-state index in [2.05, 4.69) is 10.3 Å². The number of sulfonamides is 1. The van der Waals surface area contributed by atoms with Crippen molar-refractivity contribution in [2.24, 2.45) is 0 Å². The quantitative estimate of drug-likeness (QED) is 0.213. The van der Waals surface area contributed by atoms with Gasteiger partial charge in [0.05, 0.1) is 12.3 Å². The van der Waals surface area contributed by atoms with Crippen LogP contribution in [0.3, 0.4) is 0 Å². The van der Waals surface area contributed by atoms with E-state index in [4.69, 9.17) is 9.47 Å². The summed E-state index contributed by atoms with van der Waals surface area (Å²) in [6.45, 7) is 7.52. The normalized spacial score (nSPS) is 11.6. The zero-order valence-corrected chi connectivity index (χ0v) is 23.1. The Kier molecular flexibility index (Phi) is 9.34. The SMILES string of the molecule is CCCOc1ccccc1S(=O)(=O)N(c1cc(C)cc(OCCNc2ccncc2)c1)C(C)(C)P(=O)=O. The summed E-state index contributed by atoms with van der Waals surface area (Å²) in [5.41, 5.74) is 1.78. The van der Waals surface area contributed by atoms with Crippen LogP contribution in [-0.2, 0) is 19.2 Å². The first-order valence-corrected chi connectivity index (χ1v) is 14.5. The highest BCUT2D eigenvalue weighted by atomic mass is 32.2. The Balaban J connectivity index is 1.98. The van der Waals surface area contributed by atoms with Gasteiger partial charge in [-0.3, -0.25) is 4.98 Å². The van der Waals surface area contributed by atoms with E-state index in [-0.39, 0.29) is 16.3 Å². The van der Waals surface area contributed by atoms with Gasteiger partial charge in [-0.05, 0) is 69.2 Å². The summed E-state index contributed by atoms with van der Waals surface area (Å²) in [5, 5.41) is 1.43. The fraction of sp³-hybridized carbons (Fsp3) is 0.346. The zero-order valence-electron chi connectivity index (χ0n) is 21.4. The monoisotopic (exact) mass is 545 g/mol. The minimum Gasteiger partial charge on any atom is -0.492 e. The van der Waals surface area contributed by atoms with Crippen LogP contribution in [-0.4, -0.2) is 38.4 Å². The van der Waals surface area contributed by atoms with Gasteiger partial charge in [0.1, 0.15) is 23.0 Å². The molecule has 0 aliphatic carbocycles. The van der Waals surface area contributed by atoms with Crippen LogP contribution in [0.15, 0.2) is 71.9 Å². The number of rotatable bonds is 13. The number of nitrogens with zero attached hydrogens (tertiary/aromatic N) is 2. The number of para-hydroxylation sites is 1. The molecule has 2 aromatic carbocycles. The van der Waals surface area contributed by atoms with Crippen molar-refractivity contribution in [3.63, 3.8) is 0 Å². The topological polar surface area (TPSA) is 115 Å². The predicted molar refractivity (Wildman–Crippen MR) is 144 cm³/mol. The van der Waals surface area contributed by atoms with Gasteiger partial charge in [-0.25, -0.2) is 21.9 Å². The van der Waals surface area contributed by atoms with Crippen molar-refractivity contribution < 1.29 is 27.0 Å². The summed E-state index contributed by atoms with van der Waals surface area (Å²) in [7, 11) is -7.55. The largest absolute Gasteiger partial charge is 0.492 e. The second kappa shape index (κ2) is 12.3. The Labute approximate surface area is 218 Å². The van der Waals surface area contributed by atoms with Gasteiger partial charge in [0, 0.05) is 30.7 Å². The van der Waals surface area contributed by atoms with E-state index in [1.807, 2.05) is 19.1 Å². The van der Waals surface area contributed by atoms with Crippen LogP contribution < -0.4 is 19.1 Å². The fourth-order valence-corrected chi connectivity index (χ4v) is 6.26. The van der Waals surface area contributed by atoms with Gasteiger partial charge in [0.15, 0.2) is 5.28 Å². The molecular weight excluding hydrogens is 513 g/mol. The molecule has 0 atom stereocenters. The lowest BCUT2D eigenvalue weighted by Crippen LogP contribution is -2.45. The first-order valence-electron chi connectivity index (χ1n) is 11.9. The Morgan fingerprint density at radius 1 is 1.00 bits per heavy atom. The van der Waals surface area contributed by atoms with Gasteiger partial charge >= 0.3 is 7.68 Å². The van der Waals surface area contributed by atoms with Gasteiger partial charge in [-0.15, -0.1) is 0 Å². The number of hydrogen-bond acceptors (Lipinski definition) is 8. The van der Waals surface area contributed by atoms with E-state index in [1.54, 1.807) is 49.6 Å². The van der Waals surface area contributed by atoms with Gasteiger partial charge in [-0.1, -0.05) is 19.1 Å². The number of aromatic nitrogens is 1. The zero-order chi connectivity index (χ0) is 27.1. The molecule has 0 aliphatic rings. The fourth-order valence-electron chi connectivity index (χ4n) is 3.68. The van der Waals surface area contributed by atoms with Crippen molar-refractivity contribution in [3.05, 3.63) is 72.6 Å². The number of benzene rings is 2. The van der Waals surface area contributed by atoms with Crippen molar-refractivity contribution in [1.29, 1.82) is 0 Å². The molecule has 0 amide bonds. The van der Waals surface area contributed by atoms with Crippen LogP contribution in [0.1, 0.15) is 32.8 Å². The third kappa shape index (κ3) is 6.90. The predicted octanol–water partition coefficient (Wildman–Crippen LogP) is 5.77. The molecule has 11 heteroatoms. The van der Waals surface area contributed by atoms with E-state index in [9.17, 15) is 17.5 Å². The molecule has 3 aromatic rings. The number of aryl methyl sites for hydroxylation is 1. The molecule has 1 heterocycles. The Bertz CT molecular complexity index is 1370. The Morgan fingerprint density at radius 3 is 2.38 bits per heavy atom. The summed E-state index contributed by atoms with van der Waals surface area (Å²) >= 11 is 0. The molecule has 0 radical (unpaired) electrons. The van der Waals surface area contributed by atoms with Crippen LogP contribution in [0.4, 0.5) is 11.4 Å². The van der Waals surface area contributed by atoms with Gasteiger partial charge in [0.2, 0.25) is 0 Å². The van der Waals surface area contributed by atoms with Crippen LogP contribution in [0.25, 0.3) is 0 Å². The average molecular weight is 546 g/mol. The maximum Gasteiger partial charge on any atom is 0.342 e. The molecule has 0 saturated heterocycles. The second-order valence-electron chi connectivity index (χ2n) is 8.83. The van der Waals surface area contributed by atoms with E-state index in [0.29, 0.717) is 37.5 Å². The lowest BCUT2D eigenvalue weighted by atomic mass is 10.2. The van der Waals surface area contributed by atoms with Crippen LogP contribution >= 0.6 is 7.68 Å². The van der Waals surface area contributed by atoms with Crippen LogP contribution in [0.5, 0.6) is 11.5 Å². The van der Waals surface area contributed by atoms with Crippen molar-refractivity contribution in [2.75, 3.05) is 29.4 Å². The van der Waals surface area contributed by atoms with Crippen LogP contribution in [0, 0.1) is 6.92 Å². The maximum absolute atomic E-state index is 14.0. The molecule has 0 fully saturated rings. The molecule has 0 bridgehead atoms. The Morgan fingerprint density at radius 2 is 1.70 bits per heavy atom.